The van der Waals surface area contributed by atoms with E-state index in [1.165, 1.54) is 11.3 Å². The molecule has 2 aromatic carbocycles. The summed E-state index contributed by atoms with van der Waals surface area (Å²) >= 11 is 1.46. The molecule has 0 aliphatic heterocycles. The Bertz CT molecular complexity index is 910. The fourth-order valence-electron chi connectivity index (χ4n) is 2.42. The number of fused-ring (bicyclic) bond motifs is 1. The zero-order valence-corrected chi connectivity index (χ0v) is 14.3. The number of aromatic nitrogens is 1. The highest BCUT2D eigenvalue weighted by Gasteiger charge is 2.11. The molecule has 0 unspecified atom stereocenters. The third-order valence-electron chi connectivity index (χ3n) is 3.51. The van der Waals surface area contributed by atoms with E-state index in [0.717, 1.165) is 15.8 Å². The average molecular weight is 350 g/mol. The van der Waals surface area contributed by atoms with Gasteiger partial charge in [0.05, 0.1) is 10.2 Å². The van der Waals surface area contributed by atoms with E-state index in [1.54, 1.807) is 12.2 Å². The van der Waals surface area contributed by atoms with Gasteiger partial charge in [0.2, 0.25) is 0 Å². The van der Waals surface area contributed by atoms with Crippen LogP contribution in [-0.2, 0) is 4.79 Å². The first kappa shape index (κ1) is 16.9. The monoisotopic (exact) mass is 350 g/mol. The highest BCUT2D eigenvalue weighted by atomic mass is 32.1. The molecule has 1 heterocycles. The first-order valence-corrected chi connectivity index (χ1v) is 8.58. The van der Waals surface area contributed by atoms with Crippen LogP contribution in [0.3, 0.4) is 0 Å². The number of nitrogens with zero attached hydrogens (tertiary/aromatic N) is 1. The van der Waals surface area contributed by atoms with Gasteiger partial charge in [-0.25, -0.2) is 4.98 Å². The number of carboxylic acid groups (broad SMARTS) is 1. The van der Waals surface area contributed by atoms with Crippen LogP contribution in [0, 0.1) is 0 Å². The minimum atomic E-state index is -1.14. The maximum Gasteiger partial charge on any atom is 0.127 e. The van der Waals surface area contributed by atoms with E-state index in [1.807, 2.05) is 48.5 Å². The standard InChI is InChI=1S/C20H17NO3S/c1-2-11-24-17-9-5-3-7-14(17)12-15(13-19(22)23)20-21-16-8-4-6-10-18(16)25-20/h2-10,12H,1,11,13H2,(H,22,23)/p-1/b15-12+. The SMILES string of the molecule is C=CCOc1ccccc1/C=C(\CC(=O)[O-])c1nc2ccccc2s1. The molecule has 25 heavy (non-hydrogen) atoms. The number of hydrogen-bond donors (Lipinski definition) is 0. The van der Waals surface area contributed by atoms with E-state index < -0.39 is 5.97 Å². The molecule has 0 saturated carbocycles. The molecule has 126 valence electrons. The van der Waals surface area contributed by atoms with Crippen LogP contribution in [0.15, 0.2) is 61.2 Å². The molecule has 0 radical (unpaired) electrons. The smallest absolute Gasteiger partial charge is 0.127 e. The summed E-state index contributed by atoms with van der Waals surface area (Å²) in [7, 11) is 0. The van der Waals surface area contributed by atoms with Gasteiger partial charge < -0.3 is 14.6 Å². The molecule has 5 heteroatoms. The lowest BCUT2D eigenvalue weighted by Crippen LogP contribution is -2.22. The van der Waals surface area contributed by atoms with Crippen molar-refractivity contribution in [3.63, 3.8) is 0 Å². The number of carboxylic acids is 1. The Morgan fingerprint density at radius 3 is 2.72 bits per heavy atom. The third kappa shape index (κ3) is 4.14. The third-order valence-corrected chi connectivity index (χ3v) is 4.62. The number of benzene rings is 2. The van der Waals surface area contributed by atoms with Gasteiger partial charge >= 0.3 is 0 Å². The van der Waals surface area contributed by atoms with E-state index in [9.17, 15) is 9.90 Å². The Hall–Kier alpha value is -2.92. The summed E-state index contributed by atoms with van der Waals surface area (Å²) in [5, 5.41) is 11.9. The van der Waals surface area contributed by atoms with Crippen LogP contribution >= 0.6 is 11.3 Å². The predicted molar refractivity (Wildman–Crippen MR) is 99.2 cm³/mol. The fourth-order valence-corrected chi connectivity index (χ4v) is 3.40. The molecular formula is C20H16NO3S-. The topological polar surface area (TPSA) is 62.2 Å². The molecule has 0 amide bonds. The van der Waals surface area contributed by atoms with E-state index in [4.69, 9.17) is 4.74 Å². The van der Waals surface area contributed by atoms with Crippen LogP contribution < -0.4 is 9.84 Å². The predicted octanol–water partition coefficient (Wildman–Crippen LogP) is 3.54. The van der Waals surface area contributed by atoms with Crippen molar-refractivity contribution in [2.75, 3.05) is 6.61 Å². The number of carbonyl (C=O) groups excluding carboxylic acids is 1. The zero-order valence-electron chi connectivity index (χ0n) is 13.5. The van der Waals surface area contributed by atoms with Crippen LogP contribution in [0.1, 0.15) is 17.0 Å². The second-order valence-corrected chi connectivity index (χ2v) is 6.37. The Labute approximate surface area is 149 Å². The Morgan fingerprint density at radius 2 is 1.96 bits per heavy atom. The Kier molecular flexibility index (Phi) is 5.26. The van der Waals surface area contributed by atoms with Crippen molar-refractivity contribution in [1.82, 2.24) is 4.98 Å². The van der Waals surface area contributed by atoms with Gasteiger partial charge in [0.1, 0.15) is 17.4 Å². The molecule has 0 fully saturated rings. The van der Waals surface area contributed by atoms with E-state index in [2.05, 4.69) is 11.6 Å². The highest BCUT2D eigenvalue weighted by Crippen LogP contribution is 2.31. The minimum Gasteiger partial charge on any atom is -0.550 e. The number of aliphatic carboxylic acids is 1. The molecule has 0 aliphatic carbocycles. The van der Waals surface area contributed by atoms with Crippen molar-refractivity contribution in [3.8, 4) is 5.75 Å². The minimum absolute atomic E-state index is 0.213. The van der Waals surface area contributed by atoms with Gasteiger partial charge in [-0.15, -0.1) is 11.3 Å². The maximum absolute atomic E-state index is 11.2. The number of ether oxygens (including phenoxy) is 1. The highest BCUT2D eigenvalue weighted by molar-refractivity contribution is 7.19. The second kappa shape index (κ2) is 7.77. The van der Waals surface area contributed by atoms with Crippen molar-refractivity contribution >= 4 is 39.2 Å². The number of carbonyl (C=O) groups is 1. The van der Waals surface area contributed by atoms with E-state index in [0.29, 0.717) is 22.9 Å². The molecule has 0 aliphatic rings. The zero-order chi connectivity index (χ0) is 17.6. The Balaban J connectivity index is 2.05. The maximum atomic E-state index is 11.2. The molecule has 4 nitrogen and oxygen atoms in total. The molecule has 0 spiro atoms. The molecule has 3 aromatic rings. The molecule has 3 rings (SSSR count). The van der Waals surface area contributed by atoms with Gasteiger partial charge in [0.15, 0.2) is 0 Å². The van der Waals surface area contributed by atoms with Crippen molar-refractivity contribution in [3.05, 3.63) is 71.8 Å². The lowest BCUT2D eigenvalue weighted by atomic mass is 10.1. The molecule has 0 N–H and O–H groups in total. The van der Waals surface area contributed by atoms with Gasteiger partial charge in [-0.3, -0.25) is 0 Å². The normalized spacial score (nSPS) is 11.4. The summed E-state index contributed by atoms with van der Waals surface area (Å²) in [6.45, 7) is 4.02. The van der Waals surface area contributed by atoms with Gasteiger partial charge in [0, 0.05) is 18.0 Å². The van der Waals surface area contributed by atoms with Crippen molar-refractivity contribution in [2.45, 2.75) is 6.42 Å². The number of hydrogen-bond acceptors (Lipinski definition) is 5. The quantitative estimate of drug-likeness (QED) is 0.612. The van der Waals surface area contributed by atoms with Crippen LogP contribution in [0.4, 0.5) is 0 Å². The second-order valence-electron chi connectivity index (χ2n) is 5.34. The lowest BCUT2D eigenvalue weighted by molar-refractivity contribution is -0.304. The van der Waals surface area contributed by atoms with Crippen LogP contribution in [0.5, 0.6) is 5.75 Å². The summed E-state index contributed by atoms with van der Waals surface area (Å²) in [5.74, 6) is -0.477. The average Bonchev–Trinajstić information content (AvgIpc) is 3.04. The molecule has 0 bridgehead atoms. The molecular weight excluding hydrogens is 334 g/mol. The first-order valence-electron chi connectivity index (χ1n) is 7.76. The Morgan fingerprint density at radius 1 is 1.20 bits per heavy atom. The summed E-state index contributed by atoms with van der Waals surface area (Å²) in [4.78, 5) is 15.8. The first-order chi connectivity index (χ1) is 12.2. The van der Waals surface area contributed by atoms with Crippen LogP contribution in [0.25, 0.3) is 21.9 Å². The van der Waals surface area contributed by atoms with Crippen molar-refractivity contribution in [1.29, 1.82) is 0 Å². The van der Waals surface area contributed by atoms with Gasteiger partial charge in [-0.2, -0.15) is 0 Å². The van der Waals surface area contributed by atoms with Gasteiger partial charge in [-0.1, -0.05) is 43.0 Å². The van der Waals surface area contributed by atoms with Gasteiger partial charge in [-0.05, 0) is 29.8 Å². The largest absolute Gasteiger partial charge is 0.550 e. The fraction of sp³-hybridized carbons (Fsp3) is 0.100. The van der Waals surface area contributed by atoms with E-state index >= 15 is 0 Å². The number of para-hydroxylation sites is 2. The summed E-state index contributed by atoms with van der Waals surface area (Å²) < 4.78 is 6.66. The lowest BCUT2D eigenvalue weighted by Gasteiger charge is -2.10. The van der Waals surface area contributed by atoms with Crippen molar-refractivity contribution in [2.24, 2.45) is 0 Å². The summed E-state index contributed by atoms with van der Waals surface area (Å²) in [5.41, 5.74) is 2.23. The van der Waals surface area contributed by atoms with Crippen LogP contribution in [-0.4, -0.2) is 17.6 Å². The van der Waals surface area contributed by atoms with Crippen LogP contribution in [0.2, 0.25) is 0 Å². The molecule has 0 atom stereocenters. The number of rotatable bonds is 7. The molecule has 1 aromatic heterocycles. The number of thiazole rings is 1. The van der Waals surface area contributed by atoms with E-state index in [-0.39, 0.29) is 6.42 Å². The molecule has 0 saturated heterocycles. The van der Waals surface area contributed by atoms with Gasteiger partial charge in [0.25, 0.3) is 0 Å². The summed E-state index contributed by atoms with van der Waals surface area (Å²) in [6, 6.07) is 15.2. The summed E-state index contributed by atoms with van der Waals surface area (Å²) in [6.07, 6.45) is 3.25. The van der Waals surface area contributed by atoms with Crippen molar-refractivity contribution < 1.29 is 14.6 Å².